The molecule has 1 heterocycles. The molecule has 0 bridgehead atoms. The number of rotatable bonds is 6. The van der Waals surface area contributed by atoms with Gasteiger partial charge in [0.1, 0.15) is 0 Å². The molecule has 4 nitrogen and oxygen atoms in total. The minimum Gasteiger partial charge on any atom is -0.481 e. The van der Waals surface area contributed by atoms with Gasteiger partial charge in [0.25, 0.3) is 5.91 Å². The van der Waals surface area contributed by atoms with Crippen molar-refractivity contribution in [1.82, 2.24) is 4.90 Å². The van der Waals surface area contributed by atoms with Crippen LogP contribution in [0.1, 0.15) is 35.2 Å². The van der Waals surface area contributed by atoms with E-state index in [1.165, 1.54) is 11.3 Å². The number of carboxylic acid groups (broad SMARTS) is 1. The maximum Gasteiger partial charge on any atom is 0.305 e. The normalized spacial score (nSPS) is 14.5. The molecule has 1 aromatic rings. The Hall–Kier alpha value is -1.36. The van der Waals surface area contributed by atoms with E-state index in [9.17, 15) is 9.59 Å². The average Bonchev–Trinajstić information content (AvgIpc) is 3.04. The summed E-state index contributed by atoms with van der Waals surface area (Å²) in [5.74, 6) is -0.311. The first-order valence-corrected chi connectivity index (χ1v) is 7.06. The van der Waals surface area contributed by atoms with E-state index in [1.807, 2.05) is 17.7 Å². The van der Waals surface area contributed by atoms with Crippen LogP contribution in [0.5, 0.6) is 0 Å². The van der Waals surface area contributed by atoms with Gasteiger partial charge in [0.2, 0.25) is 0 Å². The van der Waals surface area contributed by atoms with Crippen LogP contribution in [0.3, 0.4) is 0 Å². The molecule has 5 heteroatoms. The van der Waals surface area contributed by atoms with Gasteiger partial charge in [-0.25, -0.2) is 0 Å². The fraction of sp³-hybridized carbons (Fsp3) is 0.538. The molecule has 1 aliphatic rings. The highest BCUT2D eigenvalue weighted by Crippen LogP contribution is 2.30. The summed E-state index contributed by atoms with van der Waals surface area (Å²) in [6, 6.07) is 0. The predicted octanol–water partition coefficient (Wildman–Crippen LogP) is 2.38. The van der Waals surface area contributed by atoms with Crippen molar-refractivity contribution < 1.29 is 14.7 Å². The summed E-state index contributed by atoms with van der Waals surface area (Å²) in [5, 5.41) is 12.5. The highest BCUT2D eigenvalue weighted by atomic mass is 32.1. The summed E-state index contributed by atoms with van der Waals surface area (Å²) in [5.41, 5.74) is 1.69. The zero-order chi connectivity index (χ0) is 13.1. The van der Waals surface area contributed by atoms with Crippen LogP contribution in [-0.2, 0) is 4.79 Å². The number of amides is 1. The fourth-order valence-corrected chi connectivity index (χ4v) is 2.69. The van der Waals surface area contributed by atoms with Gasteiger partial charge in [-0.1, -0.05) is 0 Å². The van der Waals surface area contributed by atoms with E-state index in [1.54, 1.807) is 4.90 Å². The molecular weight excluding hydrogens is 250 g/mol. The first kappa shape index (κ1) is 13.1. The Morgan fingerprint density at radius 2 is 2.17 bits per heavy atom. The SMILES string of the molecule is Cc1cscc1C(=O)N(CCC(=O)O)CC1CC1. The van der Waals surface area contributed by atoms with Gasteiger partial charge in [-0.2, -0.15) is 11.3 Å². The third kappa shape index (κ3) is 3.32. The maximum atomic E-state index is 12.3. The third-order valence-corrected chi connectivity index (χ3v) is 4.01. The van der Waals surface area contributed by atoms with E-state index < -0.39 is 5.97 Å². The first-order chi connectivity index (χ1) is 8.58. The Kier molecular flexibility index (Phi) is 4.01. The lowest BCUT2D eigenvalue weighted by molar-refractivity contribution is -0.137. The van der Waals surface area contributed by atoms with Gasteiger partial charge >= 0.3 is 5.97 Å². The number of hydrogen-bond acceptors (Lipinski definition) is 3. The monoisotopic (exact) mass is 267 g/mol. The molecule has 1 aromatic heterocycles. The molecule has 1 amide bonds. The van der Waals surface area contributed by atoms with Crippen molar-refractivity contribution in [1.29, 1.82) is 0 Å². The van der Waals surface area contributed by atoms with Gasteiger partial charge in [0.15, 0.2) is 0 Å². The molecule has 0 saturated heterocycles. The number of thiophene rings is 1. The van der Waals surface area contributed by atoms with E-state index >= 15 is 0 Å². The van der Waals surface area contributed by atoms with Crippen molar-refractivity contribution in [3.63, 3.8) is 0 Å². The third-order valence-electron chi connectivity index (χ3n) is 3.14. The number of carbonyl (C=O) groups excluding carboxylic acids is 1. The second-order valence-electron chi connectivity index (χ2n) is 4.81. The van der Waals surface area contributed by atoms with Crippen molar-refractivity contribution in [2.75, 3.05) is 13.1 Å². The second kappa shape index (κ2) is 5.52. The topological polar surface area (TPSA) is 57.6 Å². The molecule has 1 N–H and O–H groups in total. The largest absolute Gasteiger partial charge is 0.481 e. The zero-order valence-electron chi connectivity index (χ0n) is 10.4. The summed E-state index contributed by atoms with van der Waals surface area (Å²) in [6.07, 6.45) is 2.32. The van der Waals surface area contributed by atoms with Crippen molar-refractivity contribution in [2.24, 2.45) is 5.92 Å². The predicted molar refractivity (Wildman–Crippen MR) is 69.9 cm³/mol. The Balaban J connectivity index is 2.04. The van der Waals surface area contributed by atoms with E-state index in [0.717, 1.165) is 18.4 Å². The average molecular weight is 267 g/mol. The summed E-state index contributed by atoms with van der Waals surface area (Å²) in [4.78, 5) is 24.7. The molecular formula is C13H17NO3S. The van der Waals surface area contributed by atoms with Crippen molar-refractivity contribution in [3.05, 3.63) is 21.9 Å². The number of carbonyl (C=O) groups is 2. The van der Waals surface area contributed by atoms with Crippen molar-refractivity contribution in [3.8, 4) is 0 Å². The molecule has 0 aromatic carbocycles. The van der Waals surface area contributed by atoms with Crippen LogP contribution in [0.4, 0.5) is 0 Å². The van der Waals surface area contributed by atoms with Crippen molar-refractivity contribution in [2.45, 2.75) is 26.2 Å². The van der Waals surface area contributed by atoms with Crippen molar-refractivity contribution >= 4 is 23.2 Å². The molecule has 0 spiro atoms. The summed E-state index contributed by atoms with van der Waals surface area (Å²) in [6.45, 7) is 2.91. The lowest BCUT2D eigenvalue weighted by atomic mass is 10.2. The quantitative estimate of drug-likeness (QED) is 0.861. The molecule has 98 valence electrons. The Bertz CT molecular complexity index is 451. The van der Waals surface area contributed by atoms with Crippen LogP contribution < -0.4 is 0 Å². The van der Waals surface area contributed by atoms with E-state index in [4.69, 9.17) is 5.11 Å². The smallest absolute Gasteiger partial charge is 0.305 e. The minimum atomic E-state index is -0.856. The van der Waals surface area contributed by atoms with Gasteiger partial charge in [-0.3, -0.25) is 9.59 Å². The number of aliphatic carboxylic acids is 1. The number of nitrogens with zero attached hydrogens (tertiary/aromatic N) is 1. The maximum absolute atomic E-state index is 12.3. The van der Waals surface area contributed by atoms with Crippen LogP contribution in [0.25, 0.3) is 0 Å². The Morgan fingerprint density at radius 1 is 1.44 bits per heavy atom. The molecule has 0 unspecified atom stereocenters. The molecule has 1 fully saturated rings. The molecule has 18 heavy (non-hydrogen) atoms. The van der Waals surface area contributed by atoms with Gasteiger partial charge in [0.05, 0.1) is 12.0 Å². The molecule has 0 aliphatic heterocycles. The van der Waals surface area contributed by atoms with Gasteiger partial charge in [-0.05, 0) is 36.6 Å². The molecule has 0 radical (unpaired) electrons. The standard InChI is InChI=1S/C13H17NO3S/c1-9-7-18-8-11(9)13(17)14(5-4-12(15)16)6-10-2-3-10/h7-8,10H,2-6H2,1H3,(H,15,16). The van der Waals surface area contributed by atoms with Crippen LogP contribution in [0.2, 0.25) is 0 Å². The van der Waals surface area contributed by atoms with Gasteiger partial charge in [-0.15, -0.1) is 0 Å². The lowest BCUT2D eigenvalue weighted by Crippen LogP contribution is -2.34. The lowest BCUT2D eigenvalue weighted by Gasteiger charge is -2.21. The molecule has 0 atom stereocenters. The van der Waals surface area contributed by atoms with Crippen LogP contribution in [0.15, 0.2) is 10.8 Å². The van der Waals surface area contributed by atoms with E-state index in [0.29, 0.717) is 24.6 Å². The zero-order valence-corrected chi connectivity index (χ0v) is 11.2. The van der Waals surface area contributed by atoms with Gasteiger partial charge in [0, 0.05) is 18.5 Å². The Morgan fingerprint density at radius 3 is 2.67 bits per heavy atom. The Labute approximate surface area is 110 Å². The summed E-state index contributed by atoms with van der Waals surface area (Å²) < 4.78 is 0. The summed E-state index contributed by atoms with van der Waals surface area (Å²) >= 11 is 1.51. The number of carboxylic acids is 1. The molecule has 1 saturated carbocycles. The second-order valence-corrected chi connectivity index (χ2v) is 5.55. The highest BCUT2D eigenvalue weighted by molar-refractivity contribution is 7.08. The fourth-order valence-electron chi connectivity index (χ4n) is 1.87. The van der Waals surface area contributed by atoms with Crippen LogP contribution in [0, 0.1) is 12.8 Å². The van der Waals surface area contributed by atoms with Crippen LogP contribution in [-0.4, -0.2) is 35.0 Å². The summed E-state index contributed by atoms with van der Waals surface area (Å²) in [7, 11) is 0. The molecule has 2 rings (SSSR count). The highest BCUT2D eigenvalue weighted by Gasteiger charge is 2.28. The van der Waals surface area contributed by atoms with Crippen LogP contribution >= 0.6 is 11.3 Å². The number of hydrogen-bond donors (Lipinski definition) is 1. The number of aryl methyl sites for hydroxylation is 1. The molecule has 1 aliphatic carbocycles. The first-order valence-electron chi connectivity index (χ1n) is 6.11. The van der Waals surface area contributed by atoms with E-state index in [2.05, 4.69) is 0 Å². The van der Waals surface area contributed by atoms with Gasteiger partial charge < -0.3 is 10.0 Å². The minimum absolute atomic E-state index is 0.0155. The van der Waals surface area contributed by atoms with E-state index in [-0.39, 0.29) is 12.3 Å².